The Bertz CT molecular complexity index is 754. The van der Waals surface area contributed by atoms with Crippen LogP contribution in [0.5, 0.6) is 6.01 Å². The summed E-state index contributed by atoms with van der Waals surface area (Å²) in [6, 6.07) is 8.35. The summed E-state index contributed by atoms with van der Waals surface area (Å²) >= 11 is 1.65. The number of benzene rings is 1. The maximum Gasteiger partial charge on any atom is 0.322 e. The molecule has 5 nitrogen and oxygen atoms in total. The summed E-state index contributed by atoms with van der Waals surface area (Å²) in [5.74, 6) is 0.709. The topological polar surface area (TPSA) is 73.9 Å². The highest BCUT2D eigenvalue weighted by Crippen LogP contribution is 2.31. The van der Waals surface area contributed by atoms with E-state index in [-0.39, 0.29) is 18.1 Å². The van der Waals surface area contributed by atoms with Crippen LogP contribution in [0, 0.1) is 0 Å². The number of ether oxygens (including phenoxy) is 1. The van der Waals surface area contributed by atoms with E-state index in [1.165, 1.54) is 0 Å². The molecule has 20 heavy (non-hydrogen) atoms. The molecule has 0 aliphatic heterocycles. The van der Waals surface area contributed by atoms with Gasteiger partial charge in [-0.05, 0) is 36.7 Å². The Labute approximate surface area is 120 Å². The van der Waals surface area contributed by atoms with E-state index in [0.29, 0.717) is 5.82 Å². The van der Waals surface area contributed by atoms with Gasteiger partial charge in [0.25, 0.3) is 0 Å². The third kappa shape index (κ3) is 2.42. The average Bonchev–Trinajstić information content (AvgIpc) is 2.84. The fraction of sp³-hybridized carbons (Fsp3) is 0.214. The summed E-state index contributed by atoms with van der Waals surface area (Å²) < 4.78 is 6.64. The maximum absolute atomic E-state index is 5.75. The van der Waals surface area contributed by atoms with Crippen molar-refractivity contribution in [1.82, 2.24) is 15.0 Å². The second-order valence-electron chi connectivity index (χ2n) is 4.61. The van der Waals surface area contributed by atoms with Gasteiger partial charge in [0, 0.05) is 10.3 Å². The number of nitrogens with two attached hydrogens (primary N) is 1. The molecule has 0 aliphatic carbocycles. The molecule has 0 radical (unpaired) electrons. The van der Waals surface area contributed by atoms with Crippen LogP contribution in [0.4, 0.5) is 5.95 Å². The molecular weight excluding hydrogens is 272 g/mol. The molecule has 102 valence electrons. The molecule has 0 saturated carbocycles. The van der Waals surface area contributed by atoms with E-state index in [1.54, 1.807) is 11.3 Å². The first-order valence-corrected chi connectivity index (χ1v) is 7.16. The van der Waals surface area contributed by atoms with Gasteiger partial charge in [-0.1, -0.05) is 12.1 Å². The first kappa shape index (κ1) is 12.8. The van der Waals surface area contributed by atoms with Crippen LogP contribution in [-0.4, -0.2) is 21.1 Å². The van der Waals surface area contributed by atoms with Crippen molar-refractivity contribution in [3.8, 4) is 17.4 Å². The SMILES string of the molecule is CC(C)Oc1nc(N)nc(-c2cccc3ccsc23)n1. The normalized spacial score (nSPS) is 11.2. The van der Waals surface area contributed by atoms with Gasteiger partial charge in [-0.15, -0.1) is 11.3 Å². The predicted molar refractivity (Wildman–Crippen MR) is 80.8 cm³/mol. The van der Waals surface area contributed by atoms with E-state index in [9.17, 15) is 0 Å². The lowest BCUT2D eigenvalue weighted by molar-refractivity contribution is 0.222. The summed E-state index contributed by atoms with van der Waals surface area (Å²) in [7, 11) is 0. The molecule has 1 aromatic carbocycles. The molecule has 6 heteroatoms. The van der Waals surface area contributed by atoms with Crippen LogP contribution in [-0.2, 0) is 0 Å². The lowest BCUT2D eigenvalue weighted by Gasteiger charge is -2.09. The molecule has 0 spiro atoms. The maximum atomic E-state index is 5.75. The predicted octanol–water partition coefficient (Wildman–Crippen LogP) is 3.12. The summed E-state index contributed by atoms with van der Waals surface area (Å²) in [5, 5.41) is 3.21. The monoisotopic (exact) mass is 286 g/mol. The number of rotatable bonds is 3. The van der Waals surface area contributed by atoms with Crippen molar-refractivity contribution in [2.24, 2.45) is 0 Å². The number of thiophene rings is 1. The van der Waals surface area contributed by atoms with Crippen molar-refractivity contribution in [2.75, 3.05) is 5.73 Å². The zero-order valence-corrected chi connectivity index (χ0v) is 12.0. The van der Waals surface area contributed by atoms with Crippen molar-refractivity contribution in [1.29, 1.82) is 0 Å². The minimum atomic E-state index is -0.0119. The highest BCUT2D eigenvalue weighted by atomic mass is 32.1. The number of hydrogen-bond acceptors (Lipinski definition) is 6. The Morgan fingerprint density at radius 3 is 2.80 bits per heavy atom. The Morgan fingerprint density at radius 2 is 2.00 bits per heavy atom. The summed E-state index contributed by atoms with van der Waals surface area (Å²) in [5.41, 5.74) is 6.70. The van der Waals surface area contributed by atoms with Crippen molar-refractivity contribution >= 4 is 27.4 Å². The highest BCUT2D eigenvalue weighted by Gasteiger charge is 2.12. The smallest absolute Gasteiger partial charge is 0.322 e. The summed E-state index contributed by atoms with van der Waals surface area (Å²) in [6.45, 7) is 3.83. The van der Waals surface area contributed by atoms with Gasteiger partial charge in [0.05, 0.1) is 6.10 Å². The van der Waals surface area contributed by atoms with E-state index in [2.05, 4.69) is 27.1 Å². The second kappa shape index (κ2) is 5.05. The van der Waals surface area contributed by atoms with Gasteiger partial charge in [-0.25, -0.2) is 0 Å². The summed E-state index contributed by atoms with van der Waals surface area (Å²) in [6.07, 6.45) is -0.0119. The molecule has 0 fully saturated rings. The summed E-state index contributed by atoms with van der Waals surface area (Å²) in [4.78, 5) is 12.6. The van der Waals surface area contributed by atoms with Crippen LogP contribution in [0.25, 0.3) is 21.5 Å². The van der Waals surface area contributed by atoms with Crippen LogP contribution >= 0.6 is 11.3 Å². The number of nitrogen functional groups attached to an aromatic ring is 1. The van der Waals surface area contributed by atoms with E-state index in [4.69, 9.17) is 10.5 Å². The molecule has 0 amide bonds. The van der Waals surface area contributed by atoms with E-state index in [1.807, 2.05) is 31.4 Å². The molecule has 0 aliphatic rings. The van der Waals surface area contributed by atoms with Gasteiger partial charge in [0.1, 0.15) is 0 Å². The third-order valence-electron chi connectivity index (χ3n) is 2.69. The molecule has 3 rings (SSSR count). The average molecular weight is 286 g/mol. The highest BCUT2D eigenvalue weighted by molar-refractivity contribution is 7.17. The minimum absolute atomic E-state index is 0.0119. The molecular formula is C14H14N4OS. The van der Waals surface area contributed by atoms with Gasteiger partial charge in [0.2, 0.25) is 5.95 Å². The van der Waals surface area contributed by atoms with Crippen LogP contribution < -0.4 is 10.5 Å². The fourth-order valence-corrected chi connectivity index (χ4v) is 2.83. The van der Waals surface area contributed by atoms with Crippen molar-refractivity contribution in [3.05, 3.63) is 29.6 Å². The van der Waals surface area contributed by atoms with E-state index in [0.717, 1.165) is 15.6 Å². The van der Waals surface area contributed by atoms with Crippen molar-refractivity contribution < 1.29 is 4.74 Å². The van der Waals surface area contributed by atoms with Crippen molar-refractivity contribution in [3.63, 3.8) is 0 Å². The van der Waals surface area contributed by atoms with E-state index >= 15 is 0 Å². The number of nitrogens with zero attached hydrogens (tertiary/aromatic N) is 3. The van der Waals surface area contributed by atoms with Gasteiger partial charge < -0.3 is 10.5 Å². The Morgan fingerprint density at radius 1 is 1.15 bits per heavy atom. The molecule has 2 aromatic heterocycles. The van der Waals surface area contributed by atoms with Crippen LogP contribution in [0.1, 0.15) is 13.8 Å². The lowest BCUT2D eigenvalue weighted by Crippen LogP contribution is -2.11. The first-order valence-electron chi connectivity index (χ1n) is 6.28. The second-order valence-corrected chi connectivity index (χ2v) is 5.53. The fourth-order valence-electron chi connectivity index (χ4n) is 1.93. The van der Waals surface area contributed by atoms with Gasteiger partial charge in [-0.2, -0.15) is 15.0 Å². The number of aromatic nitrogens is 3. The zero-order chi connectivity index (χ0) is 14.1. The number of anilines is 1. The molecule has 2 heterocycles. The Kier molecular flexibility index (Phi) is 3.23. The minimum Gasteiger partial charge on any atom is -0.461 e. The van der Waals surface area contributed by atoms with Crippen LogP contribution in [0.15, 0.2) is 29.6 Å². The van der Waals surface area contributed by atoms with Crippen LogP contribution in [0.2, 0.25) is 0 Å². The van der Waals surface area contributed by atoms with Crippen molar-refractivity contribution in [2.45, 2.75) is 20.0 Å². The standard InChI is InChI=1S/C14H14N4OS/c1-8(2)19-14-17-12(16-13(15)18-14)10-5-3-4-9-6-7-20-11(9)10/h3-8H,1-2H3,(H2,15,16,17,18). The van der Waals surface area contributed by atoms with Crippen LogP contribution in [0.3, 0.4) is 0 Å². The third-order valence-corrected chi connectivity index (χ3v) is 3.66. The largest absolute Gasteiger partial charge is 0.461 e. The van der Waals surface area contributed by atoms with E-state index < -0.39 is 0 Å². The molecule has 2 N–H and O–H groups in total. The zero-order valence-electron chi connectivity index (χ0n) is 11.2. The van der Waals surface area contributed by atoms with Gasteiger partial charge in [-0.3, -0.25) is 0 Å². The molecule has 0 saturated heterocycles. The number of hydrogen-bond donors (Lipinski definition) is 1. The quantitative estimate of drug-likeness (QED) is 0.800. The Hall–Kier alpha value is -2.21. The molecule has 0 unspecified atom stereocenters. The first-order chi connectivity index (χ1) is 9.63. The molecule has 3 aromatic rings. The lowest BCUT2D eigenvalue weighted by atomic mass is 10.1. The molecule has 0 atom stereocenters. The number of fused-ring (bicyclic) bond motifs is 1. The Balaban J connectivity index is 2.14. The molecule has 0 bridgehead atoms. The van der Waals surface area contributed by atoms with Gasteiger partial charge in [0.15, 0.2) is 5.82 Å². The van der Waals surface area contributed by atoms with Gasteiger partial charge >= 0.3 is 6.01 Å².